The Morgan fingerprint density at radius 1 is 1.28 bits per heavy atom. The van der Waals surface area contributed by atoms with Crippen LogP contribution in [0.4, 0.5) is 0 Å². The molecule has 0 atom stereocenters. The minimum absolute atomic E-state index is 0.0561. The largest absolute Gasteiger partial charge is 0.382 e. The van der Waals surface area contributed by atoms with Gasteiger partial charge in [-0.05, 0) is 17.5 Å². The summed E-state index contributed by atoms with van der Waals surface area (Å²) in [5.41, 5.74) is 2.59. The van der Waals surface area contributed by atoms with Crippen molar-refractivity contribution in [3.8, 4) is 0 Å². The Morgan fingerprint density at radius 2 is 2.06 bits per heavy atom. The van der Waals surface area contributed by atoms with Crippen molar-refractivity contribution in [3.63, 3.8) is 0 Å². The van der Waals surface area contributed by atoms with Gasteiger partial charge in [0.2, 0.25) is 5.91 Å². The first kappa shape index (κ1) is 13.1. The first-order chi connectivity index (χ1) is 8.81. The summed E-state index contributed by atoms with van der Waals surface area (Å²) in [7, 11) is 1.62. The van der Waals surface area contributed by atoms with Gasteiger partial charge in [-0.15, -0.1) is 0 Å². The van der Waals surface area contributed by atoms with E-state index >= 15 is 0 Å². The van der Waals surface area contributed by atoms with E-state index in [1.165, 1.54) is 11.1 Å². The molecule has 1 aromatic rings. The topological polar surface area (TPSA) is 38.8 Å². The Hall–Kier alpha value is -1.39. The van der Waals surface area contributed by atoms with Gasteiger partial charge >= 0.3 is 0 Å². The summed E-state index contributed by atoms with van der Waals surface area (Å²) in [4.78, 5) is 13.8. The summed E-state index contributed by atoms with van der Waals surface area (Å²) in [6.07, 6.45) is 0.931. The molecule has 4 heteroatoms. The zero-order valence-electron chi connectivity index (χ0n) is 10.7. The summed E-state index contributed by atoms with van der Waals surface area (Å²) in [6.45, 7) is 2.61. The van der Waals surface area contributed by atoms with Crippen LogP contribution in [0.3, 0.4) is 0 Å². The fourth-order valence-electron chi connectivity index (χ4n) is 2.10. The van der Waals surface area contributed by atoms with Crippen molar-refractivity contribution in [2.75, 3.05) is 33.5 Å². The number of carbonyl (C=O) groups is 1. The molecule has 98 valence electrons. The van der Waals surface area contributed by atoms with E-state index in [-0.39, 0.29) is 12.5 Å². The predicted octanol–water partition coefficient (Wildman–Crippen LogP) is 1.23. The van der Waals surface area contributed by atoms with Gasteiger partial charge in [-0.25, -0.2) is 0 Å². The van der Waals surface area contributed by atoms with Gasteiger partial charge in [0.25, 0.3) is 0 Å². The molecule has 0 aromatic heterocycles. The van der Waals surface area contributed by atoms with E-state index in [2.05, 4.69) is 12.1 Å². The molecule has 4 nitrogen and oxygen atoms in total. The highest BCUT2D eigenvalue weighted by Gasteiger charge is 2.19. The molecule has 1 aromatic carbocycles. The van der Waals surface area contributed by atoms with Crippen LogP contribution in [0.15, 0.2) is 24.3 Å². The second kappa shape index (κ2) is 6.52. The van der Waals surface area contributed by atoms with Crippen molar-refractivity contribution in [2.24, 2.45) is 0 Å². The van der Waals surface area contributed by atoms with E-state index in [9.17, 15) is 4.79 Å². The van der Waals surface area contributed by atoms with E-state index in [1.54, 1.807) is 7.11 Å². The third-order valence-corrected chi connectivity index (χ3v) is 3.14. The molecular weight excluding hydrogens is 230 g/mol. The lowest BCUT2D eigenvalue weighted by atomic mass is 10.00. The highest BCUT2D eigenvalue weighted by molar-refractivity contribution is 5.77. The maximum atomic E-state index is 11.9. The smallest absolute Gasteiger partial charge is 0.248 e. The van der Waals surface area contributed by atoms with Crippen LogP contribution < -0.4 is 0 Å². The average molecular weight is 249 g/mol. The van der Waals surface area contributed by atoms with Gasteiger partial charge in [-0.2, -0.15) is 0 Å². The number of carbonyl (C=O) groups excluding carboxylic acids is 1. The molecule has 0 saturated carbocycles. The van der Waals surface area contributed by atoms with E-state index in [4.69, 9.17) is 9.47 Å². The molecule has 1 aliphatic heterocycles. The Balaban J connectivity index is 1.83. The van der Waals surface area contributed by atoms with Crippen LogP contribution in [0.25, 0.3) is 0 Å². The zero-order chi connectivity index (χ0) is 12.8. The van der Waals surface area contributed by atoms with E-state index in [0.717, 1.165) is 13.0 Å². The van der Waals surface area contributed by atoms with Crippen LogP contribution >= 0.6 is 0 Å². The van der Waals surface area contributed by atoms with Gasteiger partial charge in [-0.1, -0.05) is 24.3 Å². The number of amides is 1. The lowest BCUT2D eigenvalue weighted by molar-refractivity contribution is -0.137. The van der Waals surface area contributed by atoms with Crippen molar-refractivity contribution in [1.82, 2.24) is 4.90 Å². The van der Waals surface area contributed by atoms with Crippen molar-refractivity contribution < 1.29 is 14.3 Å². The monoisotopic (exact) mass is 249 g/mol. The Kier molecular flexibility index (Phi) is 4.73. The highest BCUT2D eigenvalue weighted by atomic mass is 16.5. The number of hydrogen-bond donors (Lipinski definition) is 0. The van der Waals surface area contributed by atoms with Crippen LogP contribution in [0, 0.1) is 0 Å². The summed E-state index contributed by atoms with van der Waals surface area (Å²) < 4.78 is 10.1. The van der Waals surface area contributed by atoms with E-state index in [1.807, 2.05) is 17.0 Å². The molecule has 0 radical (unpaired) electrons. The molecular formula is C14H19NO3. The van der Waals surface area contributed by atoms with Crippen LogP contribution in [0.2, 0.25) is 0 Å². The van der Waals surface area contributed by atoms with Gasteiger partial charge in [0, 0.05) is 20.2 Å². The number of ether oxygens (including phenoxy) is 2. The van der Waals surface area contributed by atoms with E-state index in [0.29, 0.717) is 19.8 Å². The van der Waals surface area contributed by atoms with Crippen molar-refractivity contribution in [3.05, 3.63) is 35.4 Å². The molecule has 0 N–H and O–H groups in total. The number of hydrogen-bond acceptors (Lipinski definition) is 3. The number of methoxy groups -OCH3 is 1. The maximum Gasteiger partial charge on any atom is 0.248 e. The Labute approximate surface area is 107 Å². The van der Waals surface area contributed by atoms with Crippen LogP contribution in [-0.4, -0.2) is 44.3 Å². The molecule has 0 bridgehead atoms. The van der Waals surface area contributed by atoms with Gasteiger partial charge < -0.3 is 14.4 Å². The Morgan fingerprint density at radius 3 is 2.83 bits per heavy atom. The number of fused-ring (bicyclic) bond motifs is 1. The minimum Gasteiger partial charge on any atom is -0.382 e. The zero-order valence-corrected chi connectivity index (χ0v) is 10.7. The number of rotatable bonds is 5. The Bertz CT molecular complexity index is 406. The number of nitrogens with zero attached hydrogens (tertiary/aromatic N) is 1. The lowest BCUT2D eigenvalue weighted by Gasteiger charge is -2.28. The molecule has 1 aliphatic rings. The van der Waals surface area contributed by atoms with Crippen molar-refractivity contribution in [1.29, 1.82) is 0 Å². The molecule has 1 amide bonds. The minimum atomic E-state index is 0.0561. The first-order valence-corrected chi connectivity index (χ1v) is 6.22. The molecule has 18 heavy (non-hydrogen) atoms. The highest BCUT2D eigenvalue weighted by Crippen LogP contribution is 2.18. The standard InChI is InChI=1S/C14H19NO3/c1-17-8-9-18-11-14(16)15-7-6-12-4-2-3-5-13(12)10-15/h2-5H,6-11H2,1H3. The predicted molar refractivity (Wildman–Crippen MR) is 68.3 cm³/mol. The van der Waals surface area contributed by atoms with Gasteiger partial charge in [-0.3, -0.25) is 4.79 Å². The normalized spacial score (nSPS) is 14.4. The van der Waals surface area contributed by atoms with Crippen molar-refractivity contribution >= 4 is 5.91 Å². The quantitative estimate of drug-likeness (QED) is 0.737. The SMILES string of the molecule is COCCOCC(=O)N1CCc2ccccc2C1. The lowest BCUT2D eigenvalue weighted by Crippen LogP contribution is -2.38. The molecule has 0 unspecified atom stereocenters. The number of benzene rings is 1. The van der Waals surface area contributed by atoms with Crippen LogP contribution in [0.1, 0.15) is 11.1 Å². The molecule has 1 heterocycles. The second-order valence-corrected chi connectivity index (χ2v) is 4.38. The van der Waals surface area contributed by atoms with E-state index < -0.39 is 0 Å². The average Bonchev–Trinajstić information content (AvgIpc) is 2.43. The third kappa shape index (κ3) is 3.31. The second-order valence-electron chi connectivity index (χ2n) is 4.38. The van der Waals surface area contributed by atoms with Crippen LogP contribution in [0.5, 0.6) is 0 Å². The molecule has 0 saturated heterocycles. The van der Waals surface area contributed by atoms with Gasteiger partial charge in [0.15, 0.2) is 0 Å². The van der Waals surface area contributed by atoms with Gasteiger partial charge in [0.1, 0.15) is 6.61 Å². The fraction of sp³-hybridized carbons (Fsp3) is 0.500. The third-order valence-electron chi connectivity index (χ3n) is 3.14. The first-order valence-electron chi connectivity index (χ1n) is 6.22. The molecule has 2 rings (SSSR count). The molecule has 0 spiro atoms. The summed E-state index contributed by atoms with van der Waals surface area (Å²) >= 11 is 0. The fourth-order valence-corrected chi connectivity index (χ4v) is 2.10. The maximum absolute atomic E-state index is 11.9. The van der Waals surface area contributed by atoms with Gasteiger partial charge in [0.05, 0.1) is 13.2 Å². The van der Waals surface area contributed by atoms with Crippen LogP contribution in [-0.2, 0) is 27.2 Å². The summed E-state index contributed by atoms with van der Waals surface area (Å²) in [6, 6.07) is 8.28. The molecule has 0 fully saturated rings. The molecule has 0 aliphatic carbocycles. The summed E-state index contributed by atoms with van der Waals surface area (Å²) in [5.74, 6) is 0.0561. The summed E-state index contributed by atoms with van der Waals surface area (Å²) in [5, 5.41) is 0. The van der Waals surface area contributed by atoms with Crippen molar-refractivity contribution in [2.45, 2.75) is 13.0 Å².